The second-order valence-electron chi connectivity index (χ2n) is 3.06. The maximum Gasteiger partial charge on any atom is 0.159 e. The first-order valence-corrected chi connectivity index (χ1v) is 3.98. The molecule has 0 amide bonds. The Morgan fingerprint density at radius 1 is 1.64 bits per heavy atom. The molecule has 1 unspecified atom stereocenters. The molecule has 0 saturated heterocycles. The number of hydrogen-bond donors (Lipinski definition) is 0. The summed E-state index contributed by atoms with van der Waals surface area (Å²) in [5, 5.41) is 0. The van der Waals surface area contributed by atoms with Crippen molar-refractivity contribution in [2.45, 2.75) is 39.7 Å². The molecule has 0 aliphatic carbocycles. The van der Waals surface area contributed by atoms with Gasteiger partial charge in [-0.25, -0.2) is 0 Å². The molecule has 0 fully saturated rings. The Balaban J connectivity index is 2.78. The van der Waals surface area contributed by atoms with Crippen molar-refractivity contribution < 1.29 is 9.53 Å². The predicted molar refractivity (Wildman–Crippen MR) is 43.2 cm³/mol. The molecular weight excluding hydrogens is 140 g/mol. The van der Waals surface area contributed by atoms with Crippen LogP contribution in [0.1, 0.15) is 33.6 Å². The molecule has 11 heavy (non-hydrogen) atoms. The highest BCUT2D eigenvalue weighted by atomic mass is 16.5. The van der Waals surface area contributed by atoms with Gasteiger partial charge in [0, 0.05) is 5.57 Å². The predicted octanol–water partition coefficient (Wildman–Crippen LogP) is 2.05. The van der Waals surface area contributed by atoms with E-state index in [1.54, 1.807) is 6.92 Å². The van der Waals surface area contributed by atoms with E-state index in [0.29, 0.717) is 0 Å². The van der Waals surface area contributed by atoms with Crippen LogP contribution in [-0.2, 0) is 9.53 Å². The van der Waals surface area contributed by atoms with Gasteiger partial charge in [0.15, 0.2) is 5.78 Å². The van der Waals surface area contributed by atoms with E-state index >= 15 is 0 Å². The quantitative estimate of drug-likeness (QED) is 0.577. The summed E-state index contributed by atoms with van der Waals surface area (Å²) in [5.41, 5.74) is 0.864. The van der Waals surface area contributed by atoms with Crippen LogP contribution in [0.2, 0.25) is 0 Å². The van der Waals surface area contributed by atoms with Gasteiger partial charge in [-0.3, -0.25) is 4.79 Å². The van der Waals surface area contributed by atoms with Gasteiger partial charge in [0.05, 0.1) is 11.9 Å². The first-order valence-electron chi connectivity index (χ1n) is 3.98. The SMILES string of the molecule is CC(=O)C1=C(C)OC(C)CC1. The molecule has 1 aliphatic heterocycles. The van der Waals surface area contributed by atoms with E-state index in [1.807, 2.05) is 13.8 Å². The van der Waals surface area contributed by atoms with Crippen LogP contribution in [0.15, 0.2) is 11.3 Å². The standard InChI is InChI=1S/C9H14O2/c1-6-4-5-9(7(2)10)8(3)11-6/h6H,4-5H2,1-3H3. The molecule has 1 atom stereocenters. The minimum Gasteiger partial charge on any atom is -0.495 e. The Bertz CT molecular complexity index is 204. The summed E-state index contributed by atoms with van der Waals surface area (Å²) in [7, 11) is 0. The molecular formula is C9H14O2. The number of carbonyl (C=O) groups is 1. The summed E-state index contributed by atoms with van der Waals surface area (Å²) in [4.78, 5) is 11.0. The third kappa shape index (κ3) is 1.82. The summed E-state index contributed by atoms with van der Waals surface area (Å²) < 4.78 is 5.42. The lowest BCUT2D eigenvalue weighted by atomic mass is 10.0. The summed E-state index contributed by atoms with van der Waals surface area (Å²) >= 11 is 0. The third-order valence-corrected chi connectivity index (χ3v) is 2.03. The Kier molecular flexibility index (Phi) is 2.32. The van der Waals surface area contributed by atoms with Crippen LogP contribution in [-0.4, -0.2) is 11.9 Å². The Labute approximate surface area is 67.2 Å². The average molecular weight is 154 g/mol. The van der Waals surface area contributed by atoms with E-state index < -0.39 is 0 Å². The zero-order valence-electron chi connectivity index (χ0n) is 7.31. The van der Waals surface area contributed by atoms with Crippen molar-refractivity contribution >= 4 is 5.78 Å². The molecule has 1 heterocycles. The van der Waals surface area contributed by atoms with E-state index in [0.717, 1.165) is 24.2 Å². The summed E-state index contributed by atoms with van der Waals surface area (Å²) in [6.07, 6.45) is 2.12. The van der Waals surface area contributed by atoms with E-state index in [1.165, 1.54) is 0 Å². The van der Waals surface area contributed by atoms with Crippen LogP contribution in [0, 0.1) is 0 Å². The lowest BCUT2D eigenvalue weighted by Gasteiger charge is -2.22. The van der Waals surface area contributed by atoms with Gasteiger partial charge in [0.1, 0.15) is 0 Å². The van der Waals surface area contributed by atoms with Crippen LogP contribution in [0.5, 0.6) is 0 Å². The zero-order valence-corrected chi connectivity index (χ0v) is 7.31. The van der Waals surface area contributed by atoms with Crippen molar-refractivity contribution in [2.24, 2.45) is 0 Å². The molecule has 0 spiro atoms. The number of rotatable bonds is 1. The molecule has 0 aromatic heterocycles. The summed E-state index contributed by atoms with van der Waals surface area (Å²) in [6.45, 7) is 5.49. The van der Waals surface area contributed by atoms with Gasteiger partial charge >= 0.3 is 0 Å². The molecule has 0 radical (unpaired) electrons. The number of ketones is 1. The summed E-state index contributed by atoms with van der Waals surface area (Å²) in [6, 6.07) is 0. The molecule has 0 N–H and O–H groups in total. The fourth-order valence-corrected chi connectivity index (χ4v) is 1.38. The van der Waals surface area contributed by atoms with Crippen LogP contribution in [0.4, 0.5) is 0 Å². The number of carbonyl (C=O) groups excluding carboxylic acids is 1. The average Bonchev–Trinajstić information content (AvgIpc) is 1.85. The van der Waals surface area contributed by atoms with Crippen molar-refractivity contribution in [3.63, 3.8) is 0 Å². The third-order valence-electron chi connectivity index (χ3n) is 2.03. The van der Waals surface area contributed by atoms with Gasteiger partial charge in [0.2, 0.25) is 0 Å². The molecule has 0 saturated carbocycles. The van der Waals surface area contributed by atoms with Gasteiger partial charge < -0.3 is 4.74 Å². The van der Waals surface area contributed by atoms with Crippen molar-refractivity contribution in [3.05, 3.63) is 11.3 Å². The molecule has 1 rings (SSSR count). The van der Waals surface area contributed by atoms with Crippen LogP contribution < -0.4 is 0 Å². The molecule has 0 bridgehead atoms. The first kappa shape index (κ1) is 8.31. The highest BCUT2D eigenvalue weighted by molar-refractivity contribution is 5.93. The lowest BCUT2D eigenvalue weighted by Crippen LogP contribution is -2.17. The minimum absolute atomic E-state index is 0.148. The van der Waals surface area contributed by atoms with E-state index in [4.69, 9.17) is 4.74 Å². The monoisotopic (exact) mass is 154 g/mol. The molecule has 0 aromatic rings. The van der Waals surface area contributed by atoms with Crippen molar-refractivity contribution in [3.8, 4) is 0 Å². The zero-order chi connectivity index (χ0) is 8.43. The van der Waals surface area contributed by atoms with Gasteiger partial charge in [-0.15, -0.1) is 0 Å². The largest absolute Gasteiger partial charge is 0.495 e. The van der Waals surface area contributed by atoms with Crippen molar-refractivity contribution in [1.29, 1.82) is 0 Å². The van der Waals surface area contributed by atoms with E-state index in [-0.39, 0.29) is 11.9 Å². The molecule has 62 valence electrons. The van der Waals surface area contributed by atoms with Gasteiger partial charge in [0.25, 0.3) is 0 Å². The van der Waals surface area contributed by atoms with Crippen LogP contribution in [0.25, 0.3) is 0 Å². The number of ether oxygens (including phenoxy) is 1. The second-order valence-corrected chi connectivity index (χ2v) is 3.06. The minimum atomic E-state index is 0.148. The number of Topliss-reactive ketones (excluding diaryl/α,β-unsaturated/α-hetero) is 1. The van der Waals surface area contributed by atoms with Crippen molar-refractivity contribution in [2.75, 3.05) is 0 Å². The fourth-order valence-electron chi connectivity index (χ4n) is 1.38. The summed E-state index contributed by atoms with van der Waals surface area (Å²) in [5.74, 6) is 0.964. The number of hydrogen-bond acceptors (Lipinski definition) is 2. The highest BCUT2D eigenvalue weighted by Crippen LogP contribution is 2.23. The molecule has 2 nitrogen and oxygen atoms in total. The van der Waals surface area contributed by atoms with Gasteiger partial charge in [-0.05, 0) is 33.6 Å². The van der Waals surface area contributed by atoms with E-state index in [9.17, 15) is 4.79 Å². The highest BCUT2D eigenvalue weighted by Gasteiger charge is 2.18. The van der Waals surface area contributed by atoms with Crippen LogP contribution >= 0.6 is 0 Å². The maximum absolute atomic E-state index is 11.0. The van der Waals surface area contributed by atoms with E-state index in [2.05, 4.69) is 0 Å². The lowest BCUT2D eigenvalue weighted by molar-refractivity contribution is -0.114. The second kappa shape index (κ2) is 3.07. The Morgan fingerprint density at radius 2 is 2.27 bits per heavy atom. The molecule has 0 aromatic carbocycles. The topological polar surface area (TPSA) is 26.3 Å². The number of allylic oxidation sites excluding steroid dienone is 2. The maximum atomic E-state index is 11.0. The molecule has 1 aliphatic rings. The smallest absolute Gasteiger partial charge is 0.159 e. The Hall–Kier alpha value is -0.790. The van der Waals surface area contributed by atoms with Gasteiger partial charge in [-0.1, -0.05) is 0 Å². The van der Waals surface area contributed by atoms with Crippen LogP contribution in [0.3, 0.4) is 0 Å². The van der Waals surface area contributed by atoms with Gasteiger partial charge in [-0.2, -0.15) is 0 Å². The van der Waals surface area contributed by atoms with Crippen molar-refractivity contribution in [1.82, 2.24) is 0 Å². The normalized spacial score (nSPS) is 24.8. The molecule has 2 heteroatoms. The Morgan fingerprint density at radius 3 is 2.73 bits per heavy atom. The fraction of sp³-hybridized carbons (Fsp3) is 0.667. The first-order chi connectivity index (χ1) is 5.11.